The van der Waals surface area contributed by atoms with Crippen molar-refractivity contribution in [3.63, 3.8) is 0 Å². The minimum Gasteiger partial charge on any atom is -0.392 e. The second kappa shape index (κ2) is 4.00. The third kappa shape index (κ3) is 1.84. The van der Waals surface area contributed by atoms with Crippen molar-refractivity contribution in [3.05, 3.63) is 0 Å². The monoisotopic (exact) mass is 226 g/mol. The molecule has 1 heterocycles. The van der Waals surface area contributed by atoms with Gasteiger partial charge in [-0.05, 0) is 18.9 Å². The Balaban J connectivity index is 1.89. The Labute approximate surface area is 96.8 Å². The Bertz CT molecular complexity index is 291. The molecule has 4 atom stereocenters. The number of hydrogen-bond donors (Lipinski definition) is 3. The van der Waals surface area contributed by atoms with E-state index < -0.39 is 0 Å². The largest absolute Gasteiger partial charge is 0.392 e. The predicted molar refractivity (Wildman–Crippen MR) is 61.9 cm³/mol. The van der Waals surface area contributed by atoms with Gasteiger partial charge in [0.15, 0.2) is 0 Å². The number of amides is 1. The van der Waals surface area contributed by atoms with Crippen molar-refractivity contribution in [2.45, 2.75) is 39.3 Å². The van der Waals surface area contributed by atoms with Crippen molar-refractivity contribution in [3.8, 4) is 0 Å². The lowest BCUT2D eigenvalue weighted by molar-refractivity contribution is -0.133. The summed E-state index contributed by atoms with van der Waals surface area (Å²) in [4.78, 5) is 12.0. The molecule has 2 rings (SSSR count). The van der Waals surface area contributed by atoms with E-state index in [9.17, 15) is 9.90 Å². The SMILES string of the molecule is C[C@@H]1CNC[C@H]1C(=O)NC1CC(O)C1(C)C. The number of aliphatic hydroxyl groups is 1. The summed E-state index contributed by atoms with van der Waals surface area (Å²) in [5, 5.41) is 15.9. The van der Waals surface area contributed by atoms with Crippen molar-refractivity contribution in [2.75, 3.05) is 13.1 Å². The highest BCUT2D eigenvalue weighted by Crippen LogP contribution is 2.40. The zero-order chi connectivity index (χ0) is 11.9. The fraction of sp³-hybridized carbons (Fsp3) is 0.917. The molecule has 0 bridgehead atoms. The molecule has 1 saturated carbocycles. The molecule has 0 radical (unpaired) electrons. The van der Waals surface area contributed by atoms with E-state index in [4.69, 9.17) is 0 Å². The van der Waals surface area contributed by atoms with Gasteiger partial charge in [0, 0.05) is 18.0 Å². The summed E-state index contributed by atoms with van der Waals surface area (Å²) in [6.07, 6.45) is 0.407. The van der Waals surface area contributed by atoms with Crippen LogP contribution in [0.4, 0.5) is 0 Å². The van der Waals surface area contributed by atoms with Gasteiger partial charge in [-0.25, -0.2) is 0 Å². The van der Waals surface area contributed by atoms with Gasteiger partial charge in [0.25, 0.3) is 0 Å². The first-order chi connectivity index (χ1) is 7.43. The average Bonchev–Trinajstić information content (AvgIpc) is 2.64. The molecule has 1 aliphatic heterocycles. The molecular weight excluding hydrogens is 204 g/mol. The Morgan fingerprint density at radius 3 is 2.56 bits per heavy atom. The number of nitrogens with one attached hydrogen (secondary N) is 2. The van der Waals surface area contributed by atoms with Gasteiger partial charge in [-0.15, -0.1) is 0 Å². The van der Waals surface area contributed by atoms with E-state index in [1.165, 1.54) is 0 Å². The molecule has 2 fully saturated rings. The van der Waals surface area contributed by atoms with Crippen LogP contribution < -0.4 is 10.6 Å². The van der Waals surface area contributed by atoms with Crippen LogP contribution in [0.15, 0.2) is 0 Å². The third-order valence-electron chi connectivity index (χ3n) is 4.39. The van der Waals surface area contributed by atoms with E-state index in [0.29, 0.717) is 12.3 Å². The quantitative estimate of drug-likeness (QED) is 0.626. The molecule has 4 heteroatoms. The predicted octanol–water partition coefficient (Wildman–Crippen LogP) is 0.118. The Morgan fingerprint density at radius 2 is 2.12 bits per heavy atom. The molecule has 0 aromatic carbocycles. The number of aliphatic hydroxyl groups excluding tert-OH is 1. The maximum Gasteiger partial charge on any atom is 0.224 e. The maximum absolute atomic E-state index is 12.0. The summed E-state index contributed by atoms with van der Waals surface area (Å²) in [5.74, 6) is 0.643. The molecule has 16 heavy (non-hydrogen) atoms. The lowest BCUT2D eigenvalue weighted by Crippen LogP contribution is -2.62. The fourth-order valence-electron chi connectivity index (χ4n) is 2.59. The van der Waals surface area contributed by atoms with Gasteiger partial charge in [0.05, 0.1) is 12.0 Å². The molecule has 2 aliphatic rings. The highest BCUT2D eigenvalue weighted by atomic mass is 16.3. The highest BCUT2D eigenvalue weighted by Gasteiger charge is 2.48. The van der Waals surface area contributed by atoms with Crippen LogP contribution in [0.1, 0.15) is 27.2 Å². The van der Waals surface area contributed by atoms with E-state index >= 15 is 0 Å². The summed E-state index contributed by atoms with van der Waals surface area (Å²) in [6.45, 7) is 7.81. The van der Waals surface area contributed by atoms with Crippen molar-refractivity contribution >= 4 is 5.91 Å². The standard InChI is InChI=1S/C12H22N2O2/c1-7-5-13-6-8(7)11(16)14-9-4-10(15)12(9,2)3/h7-10,13,15H,4-6H2,1-3H3,(H,14,16)/t7-,8-,9?,10?/m1/s1. The van der Waals surface area contributed by atoms with Gasteiger partial charge in [0.2, 0.25) is 5.91 Å². The van der Waals surface area contributed by atoms with E-state index in [0.717, 1.165) is 13.1 Å². The number of hydrogen-bond acceptors (Lipinski definition) is 3. The minimum absolute atomic E-state index is 0.0912. The van der Waals surface area contributed by atoms with E-state index in [1.54, 1.807) is 0 Å². The van der Waals surface area contributed by atoms with Gasteiger partial charge in [-0.2, -0.15) is 0 Å². The molecule has 4 nitrogen and oxygen atoms in total. The first-order valence-electron chi connectivity index (χ1n) is 6.12. The zero-order valence-corrected chi connectivity index (χ0v) is 10.3. The molecular formula is C12H22N2O2. The molecule has 0 aromatic rings. The summed E-state index contributed by atoms with van der Waals surface area (Å²) >= 11 is 0. The minimum atomic E-state index is -0.281. The van der Waals surface area contributed by atoms with Gasteiger partial charge in [-0.1, -0.05) is 20.8 Å². The van der Waals surface area contributed by atoms with Crippen LogP contribution in [0.5, 0.6) is 0 Å². The van der Waals surface area contributed by atoms with E-state index in [2.05, 4.69) is 17.6 Å². The van der Waals surface area contributed by atoms with E-state index in [-0.39, 0.29) is 29.4 Å². The van der Waals surface area contributed by atoms with Gasteiger partial charge < -0.3 is 15.7 Å². The topological polar surface area (TPSA) is 61.4 Å². The molecule has 2 unspecified atom stereocenters. The van der Waals surface area contributed by atoms with E-state index in [1.807, 2.05) is 13.8 Å². The Hall–Kier alpha value is -0.610. The molecule has 1 amide bonds. The van der Waals surface area contributed by atoms with Crippen molar-refractivity contribution < 1.29 is 9.90 Å². The maximum atomic E-state index is 12.0. The lowest BCUT2D eigenvalue weighted by Gasteiger charge is -2.49. The summed E-state index contributed by atoms with van der Waals surface area (Å²) in [6, 6.07) is 0.128. The average molecular weight is 226 g/mol. The molecule has 1 aliphatic carbocycles. The van der Waals surface area contributed by atoms with Crippen LogP contribution in [0.2, 0.25) is 0 Å². The normalized spacial score (nSPS) is 41.5. The highest BCUT2D eigenvalue weighted by molar-refractivity contribution is 5.80. The van der Waals surface area contributed by atoms with Crippen LogP contribution in [-0.2, 0) is 4.79 Å². The van der Waals surface area contributed by atoms with Crippen LogP contribution in [0, 0.1) is 17.3 Å². The van der Waals surface area contributed by atoms with Crippen LogP contribution in [0.25, 0.3) is 0 Å². The summed E-state index contributed by atoms with van der Waals surface area (Å²) in [5.41, 5.74) is -0.176. The number of rotatable bonds is 2. The second-order valence-corrected chi connectivity index (χ2v) is 5.88. The van der Waals surface area contributed by atoms with Crippen molar-refractivity contribution in [1.29, 1.82) is 0 Å². The first-order valence-corrected chi connectivity index (χ1v) is 6.12. The Morgan fingerprint density at radius 1 is 1.44 bits per heavy atom. The first kappa shape index (κ1) is 11.9. The lowest BCUT2D eigenvalue weighted by atomic mass is 9.64. The van der Waals surface area contributed by atoms with Crippen molar-refractivity contribution in [1.82, 2.24) is 10.6 Å². The zero-order valence-electron chi connectivity index (χ0n) is 10.3. The number of carbonyl (C=O) groups is 1. The Kier molecular flexibility index (Phi) is 2.97. The van der Waals surface area contributed by atoms with Gasteiger partial charge in [0.1, 0.15) is 0 Å². The molecule has 1 saturated heterocycles. The van der Waals surface area contributed by atoms with Crippen LogP contribution in [0.3, 0.4) is 0 Å². The summed E-state index contributed by atoms with van der Waals surface area (Å²) < 4.78 is 0. The molecule has 0 aromatic heterocycles. The summed E-state index contributed by atoms with van der Waals surface area (Å²) in [7, 11) is 0. The smallest absolute Gasteiger partial charge is 0.224 e. The third-order valence-corrected chi connectivity index (χ3v) is 4.39. The van der Waals surface area contributed by atoms with Gasteiger partial charge >= 0.3 is 0 Å². The van der Waals surface area contributed by atoms with Gasteiger partial charge in [-0.3, -0.25) is 4.79 Å². The number of carbonyl (C=O) groups excluding carboxylic acids is 1. The molecule has 0 spiro atoms. The van der Waals surface area contributed by atoms with Crippen molar-refractivity contribution in [2.24, 2.45) is 17.3 Å². The molecule has 92 valence electrons. The van der Waals surface area contributed by atoms with Crippen LogP contribution >= 0.6 is 0 Å². The fourth-order valence-corrected chi connectivity index (χ4v) is 2.59. The molecule has 3 N–H and O–H groups in total. The van der Waals surface area contributed by atoms with Crippen LogP contribution in [-0.4, -0.2) is 36.2 Å². The second-order valence-electron chi connectivity index (χ2n) is 5.88.